The first-order valence-corrected chi connectivity index (χ1v) is 11.2. The van der Waals surface area contributed by atoms with Crippen molar-refractivity contribution in [2.45, 2.75) is 50.9 Å². The molecule has 1 aromatic heterocycles. The van der Waals surface area contributed by atoms with Crippen LogP contribution in [-0.4, -0.2) is 39.3 Å². The SMILES string of the molecule is Cc1ccccc1[C@@H]1CN(Cc2n[nH]c(=O)[nH]2)CC[C@@H]1OCc1cc(C(F)(F)F)cc(C(F)(F)F)c1. The molecule has 2 aromatic carbocycles. The maximum absolute atomic E-state index is 13.2. The van der Waals surface area contributed by atoms with Crippen molar-refractivity contribution in [3.05, 3.63) is 86.6 Å². The predicted molar refractivity (Wildman–Crippen MR) is 118 cm³/mol. The number of halogens is 6. The van der Waals surface area contributed by atoms with Gasteiger partial charge in [0.25, 0.3) is 0 Å². The minimum absolute atomic E-state index is 0.109. The molecule has 2 N–H and O–H groups in total. The second-order valence-electron chi connectivity index (χ2n) is 8.87. The van der Waals surface area contributed by atoms with Crippen LogP contribution in [0, 0.1) is 6.92 Å². The molecule has 6 nitrogen and oxygen atoms in total. The Balaban J connectivity index is 1.56. The highest BCUT2D eigenvalue weighted by atomic mass is 19.4. The van der Waals surface area contributed by atoms with Gasteiger partial charge in [-0.3, -0.25) is 9.88 Å². The second-order valence-corrected chi connectivity index (χ2v) is 8.87. The highest BCUT2D eigenvalue weighted by Gasteiger charge is 2.37. The van der Waals surface area contributed by atoms with Gasteiger partial charge in [-0.1, -0.05) is 24.3 Å². The minimum Gasteiger partial charge on any atom is -0.373 e. The maximum atomic E-state index is 13.2. The molecule has 0 aliphatic carbocycles. The summed E-state index contributed by atoms with van der Waals surface area (Å²) >= 11 is 0. The van der Waals surface area contributed by atoms with Gasteiger partial charge in [0.1, 0.15) is 5.82 Å². The summed E-state index contributed by atoms with van der Waals surface area (Å²) in [5.74, 6) is 0.269. The Morgan fingerprint density at radius 2 is 1.72 bits per heavy atom. The first-order chi connectivity index (χ1) is 16.9. The molecule has 0 bridgehead atoms. The van der Waals surface area contributed by atoms with Crippen molar-refractivity contribution in [3.63, 3.8) is 0 Å². The van der Waals surface area contributed by atoms with Gasteiger partial charge >= 0.3 is 18.0 Å². The van der Waals surface area contributed by atoms with Gasteiger partial charge in [-0.25, -0.2) is 9.89 Å². The van der Waals surface area contributed by atoms with Crippen molar-refractivity contribution >= 4 is 0 Å². The third-order valence-corrected chi connectivity index (χ3v) is 6.26. The van der Waals surface area contributed by atoms with Gasteiger partial charge in [0, 0.05) is 19.0 Å². The number of likely N-dealkylation sites (tertiary alicyclic amines) is 1. The van der Waals surface area contributed by atoms with Crippen LogP contribution in [0.5, 0.6) is 0 Å². The lowest BCUT2D eigenvalue weighted by Gasteiger charge is -2.39. The number of nitrogens with one attached hydrogen (secondary N) is 2. The van der Waals surface area contributed by atoms with Crippen molar-refractivity contribution < 1.29 is 31.1 Å². The Bertz CT molecular complexity index is 1220. The highest BCUT2D eigenvalue weighted by molar-refractivity contribution is 5.34. The summed E-state index contributed by atoms with van der Waals surface area (Å²) in [6.07, 6.45) is -9.79. The van der Waals surface area contributed by atoms with Crippen LogP contribution < -0.4 is 5.69 Å². The quantitative estimate of drug-likeness (QED) is 0.453. The molecule has 1 fully saturated rings. The fraction of sp³-hybridized carbons (Fsp3) is 0.417. The molecule has 0 spiro atoms. The lowest BCUT2D eigenvalue weighted by molar-refractivity contribution is -0.143. The third kappa shape index (κ3) is 6.16. The number of alkyl halides is 6. The third-order valence-electron chi connectivity index (χ3n) is 6.26. The van der Waals surface area contributed by atoms with Gasteiger partial charge < -0.3 is 4.74 Å². The van der Waals surface area contributed by atoms with E-state index in [1.807, 2.05) is 31.2 Å². The van der Waals surface area contributed by atoms with E-state index in [9.17, 15) is 31.1 Å². The minimum atomic E-state index is -4.92. The smallest absolute Gasteiger partial charge is 0.373 e. The molecule has 0 saturated carbocycles. The zero-order valence-corrected chi connectivity index (χ0v) is 19.2. The van der Waals surface area contributed by atoms with Gasteiger partial charge in [-0.2, -0.15) is 31.4 Å². The van der Waals surface area contributed by atoms with Crippen LogP contribution >= 0.6 is 0 Å². The average Bonchev–Trinajstić information content (AvgIpc) is 3.21. The number of piperidine rings is 1. The number of hydrogen-bond acceptors (Lipinski definition) is 4. The predicted octanol–water partition coefficient (Wildman–Crippen LogP) is 5.02. The van der Waals surface area contributed by atoms with Gasteiger partial charge in [0.2, 0.25) is 0 Å². The van der Waals surface area contributed by atoms with Crippen molar-refractivity contribution in [2.75, 3.05) is 13.1 Å². The van der Waals surface area contributed by atoms with E-state index in [-0.39, 0.29) is 17.5 Å². The number of ether oxygens (including phenoxy) is 1. The van der Waals surface area contributed by atoms with Gasteiger partial charge in [-0.15, -0.1) is 0 Å². The van der Waals surface area contributed by atoms with Crippen LogP contribution in [0.15, 0.2) is 47.3 Å². The summed E-state index contributed by atoms with van der Waals surface area (Å²) < 4.78 is 85.4. The molecular formula is C24H24F6N4O2. The van der Waals surface area contributed by atoms with Crippen LogP contribution in [-0.2, 0) is 30.2 Å². The summed E-state index contributed by atoms with van der Waals surface area (Å²) in [6.45, 7) is 2.95. The van der Waals surface area contributed by atoms with Gasteiger partial charge in [0.05, 0.1) is 30.4 Å². The number of nitrogens with zero attached hydrogens (tertiary/aromatic N) is 2. The molecule has 4 rings (SSSR count). The van der Waals surface area contributed by atoms with Crippen LogP contribution in [0.3, 0.4) is 0 Å². The molecule has 194 valence electrons. The Morgan fingerprint density at radius 3 is 2.31 bits per heavy atom. The molecule has 1 aliphatic rings. The summed E-state index contributed by atoms with van der Waals surface area (Å²) in [5, 5.41) is 6.24. The highest BCUT2D eigenvalue weighted by Crippen LogP contribution is 2.37. The number of H-pyrrole nitrogens is 2. The lowest BCUT2D eigenvalue weighted by Crippen LogP contribution is -2.43. The van der Waals surface area contributed by atoms with Crippen molar-refractivity contribution in [1.82, 2.24) is 20.1 Å². The number of aromatic amines is 2. The summed E-state index contributed by atoms with van der Waals surface area (Å²) in [4.78, 5) is 16.0. The van der Waals surface area contributed by atoms with Crippen LogP contribution in [0.4, 0.5) is 26.3 Å². The van der Waals surface area contributed by atoms with Gasteiger partial charge in [-0.05, 0) is 48.2 Å². The standard InChI is InChI=1S/C24H24F6N4O2/c1-14-4-2-3-5-18(14)19-11-34(12-21-31-22(35)33-32-21)7-6-20(19)36-13-15-8-16(23(25,26)27)10-17(9-15)24(28,29)30/h2-5,8-10,19-20H,6-7,11-13H2,1H3,(H2,31,32,33,35)/t19-,20-/m0/s1. The zero-order valence-electron chi connectivity index (χ0n) is 19.2. The molecule has 3 aromatic rings. The first kappa shape index (κ1) is 26.0. The Hall–Kier alpha value is -3.12. The van der Waals surface area contributed by atoms with Crippen LogP contribution in [0.2, 0.25) is 0 Å². The average molecular weight is 514 g/mol. The van der Waals surface area contributed by atoms with E-state index in [0.717, 1.165) is 11.1 Å². The number of rotatable bonds is 6. The Morgan fingerprint density at radius 1 is 1.06 bits per heavy atom. The van der Waals surface area contributed by atoms with E-state index in [2.05, 4.69) is 20.1 Å². The number of aromatic nitrogens is 3. The zero-order chi connectivity index (χ0) is 26.1. The molecule has 0 radical (unpaired) electrons. The van der Waals surface area contributed by atoms with E-state index in [1.54, 1.807) is 0 Å². The number of benzene rings is 2. The molecule has 2 atom stereocenters. The first-order valence-electron chi connectivity index (χ1n) is 11.2. The van der Waals surface area contributed by atoms with Gasteiger partial charge in [0.15, 0.2) is 0 Å². The summed E-state index contributed by atoms with van der Waals surface area (Å²) in [7, 11) is 0. The summed E-state index contributed by atoms with van der Waals surface area (Å²) in [6, 6.07) is 9.11. The lowest BCUT2D eigenvalue weighted by atomic mass is 9.85. The fourth-order valence-electron chi connectivity index (χ4n) is 4.54. The molecule has 0 unspecified atom stereocenters. The topological polar surface area (TPSA) is 74.0 Å². The van der Waals surface area contributed by atoms with E-state index in [4.69, 9.17) is 4.74 Å². The molecule has 2 heterocycles. The molecule has 0 amide bonds. The molecular weight excluding hydrogens is 490 g/mol. The molecule has 1 saturated heterocycles. The van der Waals surface area contributed by atoms with Crippen LogP contribution in [0.1, 0.15) is 46.0 Å². The van der Waals surface area contributed by atoms with Crippen molar-refractivity contribution in [2.24, 2.45) is 0 Å². The fourth-order valence-corrected chi connectivity index (χ4v) is 4.54. The normalized spacial score (nSPS) is 19.5. The molecule has 36 heavy (non-hydrogen) atoms. The van der Waals surface area contributed by atoms with Crippen molar-refractivity contribution in [3.8, 4) is 0 Å². The number of aryl methyl sites for hydroxylation is 1. The van der Waals surface area contributed by atoms with E-state index in [0.29, 0.717) is 44.0 Å². The Labute approximate surface area is 202 Å². The molecule has 12 heteroatoms. The monoisotopic (exact) mass is 514 g/mol. The molecule has 1 aliphatic heterocycles. The van der Waals surface area contributed by atoms with E-state index in [1.165, 1.54) is 0 Å². The largest absolute Gasteiger partial charge is 0.416 e. The Kier molecular flexibility index (Phi) is 7.28. The number of hydrogen-bond donors (Lipinski definition) is 2. The van der Waals surface area contributed by atoms with E-state index < -0.39 is 41.9 Å². The van der Waals surface area contributed by atoms with Crippen molar-refractivity contribution in [1.29, 1.82) is 0 Å². The summed E-state index contributed by atoms with van der Waals surface area (Å²) in [5.41, 5.74) is -1.38. The van der Waals surface area contributed by atoms with Crippen LogP contribution in [0.25, 0.3) is 0 Å². The maximum Gasteiger partial charge on any atom is 0.416 e. The second kappa shape index (κ2) is 10.1. The van der Waals surface area contributed by atoms with E-state index >= 15 is 0 Å².